The molecule has 0 amide bonds. The molecular weight excluding hydrogens is 313 g/mol. The van der Waals surface area contributed by atoms with Crippen LogP contribution >= 0.6 is 11.8 Å². The third-order valence-corrected chi connectivity index (χ3v) is 4.38. The van der Waals surface area contributed by atoms with E-state index in [9.17, 15) is 14.6 Å². The van der Waals surface area contributed by atoms with Crippen molar-refractivity contribution in [1.29, 1.82) is 0 Å². The number of alkyl halides is 1. The van der Waals surface area contributed by atoms with Gasteiger partial charge in [0.1, 0.15) is 29.6 Å². The molecule has 5 atom stereocenters. The number of halogens is 1. The number of thioether (sulfide) groups is 1. The Morgan fingerprint density at radius 1 is 1.41 bits per heavy atom. The first-order valence-corrected chi connectivity index (χ1v) is 7.93. The van der Waals surface area contributed by atoms with Crippen LogP contribution in [0.25, 0.3) is 11.2 Å². The van der Waals surface area contributed by atoms with Crippen LogP contribution < -0.4 is 5.73 Å². The lowest BCUT2D eigenvalue weighted by Gasteiger charge is -2.16. The molecule has 1 aliphatic heterocycles. The third-order valence-electron chi connectivity index (χ3n) is 3.67. The minimum absolute atomic E-state index is 0.0142. The summed E-state index contributed by atoms with van der Waals surface area (Å²) in [6.45, 7) is 0. The van der Waals surface area contributed by atoms with Gasteiger partial charge < -0.3 is 20.7 Å². The first-order valence-electron chi connectivity index (χ1n) is 6.64. The molecule has 0 spiro atoms. The molecule has 0 aliphatic carbocycles. The predicted octanol–water partition coefficient (Wildman–Crippen LogP) is 0.0764. The van der Waals surface area contributed by atoms with Crippen molar-refractivity contribution in [3.63, 3.8) is 0 Å². The molecule has 1 aliphatic rings. The highest BCUT2D eigenvalue weighted by Crippen LogP contribution is 2.34. The Hall–Kier alpha value is -1.49. The first-order chi connectivity index (χ1) is 10.5. The summed E-state index contributed by atoms with van der Waals surface area (Å²) in [6, 6.07) is 0. The first kappa shape index (κ1) is 15.4. The van der Waals surface area contributed by atoms with Crippen molar-refractivity contribution in [2.45, 2.75) is 36.5 Å². The van der Waals surface area contributed by atoms with Crippen LogP contribution in [0.2, 0.25) is 0 Å². The van der Waals surface area contributed by atoms with Gasteiger partial charge >= 0.3 is 0 Å². The molecule has 3 rings (SSSR count). The van der Waals surface area contributed by atoms with Crippen molar-refractivity contribution in [1.82, 2.24) is 19.5 Å². The quantitative estimate of drug-likeness (QED) is 0.721. The van der Waals surface area contributed by atoms with Crippen LogP contribution in [0.1, 0.15) is 12.6 Å². The van der Waals surface area contributed by atoms with Crippen LogP contribution in [-0.4, -0.2) is 59.8 Å². The van der Waals surface area contributed by atoms with Crippen LogP contribution in [0, 0.1) is 0 Å². The lowest BCUT2D eigenvalue weighted by atomic mass is 10.1. The SMILES string of the molecule is CSC(F)C[C@H]1OC(n2cnc3c(N)ncnc32)[C@H](O)[C@@H]1O. The molecule has 120 valence electrons. The molecule has 1 fully saturated rings. The van der Waals surface area contributed by atoms with Crippen molar-refractivity contribution in [3.8, 4) is 0 Å². The van der Waals surface area contributed by atoms with Gasteiger partial charge in [-0.1, -0.05) is 0 Å². The van der Waals surface area contributed by atoms with Gasteiger partial charge in [0.25, 0.3) is 0 Å². The number of imidazole rings is 1. The van der Waals surface area contributed by atoms with E-state index in [0.717, 1.165) is 11.8 Å². The number of aromatic nitrogens is 4. The van der Waals surface area contributed by atoms with Crippen molar-refractivity contribution in [2.75, 3.05) is 12.0 Å². The number of hydrogen-bond donors (Lipinski definition) is 3. The lowest BCUT2D eigenvalue weighted by Crippen LogP contribution is -2.32. The predicted molar refractivity (Wildman–Crippen MR) is 78.7 cm³/mol. The molecule has 0 radical (unpaired) electrons. The van der Waals surface area contributed by atoms with Gasteiger partial charge in [-0.3, -0.25) is 4.57 Å². The van der Waals surface area contributed by atoms with E-state index in [1.807, 2.05) is 0 Å². The fourth-order valence-electron chi connectivity index (χ4n) is 2.49. The Morgan fingerprint density at radius 2 is 2.18 bits per heavy atom. The number of hydrogen-bond acceptors (Lipinski definition) is 8. The van der Waals surface area contributed by atoms with Crippen LogP contribution in [0.5, 0.6) is 0 Å². The molecule has 2 aromatic heterocycles. The summed E-state index contributed by atoms with van der Waals surface area (Å²) < 4.78 is 20.6. The highest BCUT2D eigenvalue weighted by Gasteiger charge is 2.45. The summed E-state index contributed by atoms with van der Waals surface area (Å²) in [6.07, 6.45) is 0.172. The number of nitrogen functional groups attached to an aromatic ring is 1. The van der Waals surface area contributed by atoms with E-state index in [1.54, 1.807) is 6.26 Å². The molecule has 0 aromatic carbocycles. The van der Waals surface area contributed by atoms with Crippen molar-refractivity contribution in [2.24, 2.45) is 0 Å². The normalized spacial score (nSPS) is 30.0. The number of ether oxygens (including phenoxy) is 1. The number of fused-ring (bicyclic) bond motifs is 1. The molecular formula is C12H16FN5O3S. The number of anilines is 1. The smallest absolute Gasteiger partial charge is 0.167 e. The van der Waals surface area contributed by atoms with Gasteiger partial charge in [0, 0.05) is 6.42 Å². The Morgan fingerprint density at radius 3 is 2.91 bits per heavy atom. The Labute approximate surface area is 129 Å². The molecule has 3 heterocycles. The fraction of sp³-hybridized carbons (Fsp3) is 0.583. The zero-order chi connectivity index (χ0) is 15.9. The molecule has 0 bridgehead atoms. The zero-order valence-electron chi connectivity index (χ0n) is 11.7. The molecule has 8 nitrogen and oxygen atoms in total. The van der Waals surface area contributed by atoms with Gasteiger partial charge in [-0.2, -0.15) is 0 Å². The number of rotatable bonds is 4. The van der Waals surface area contributed by atoms with E-state index >= 15 is 0 Å². The van der Waals surface area contributed by atoms with Crippen LogP contribution in [-0.2, 0) is 4.74 Å². The summed E-state index contributed by atoms with van der Waals surface area (Å²) in [4.78, 5) is 12.0. The van der Waals surface area contributed by atoms with Crippen LogP contribution in [0.4, 0.5) is 10.2 Å². The van der Waals surface area contributed by atoms with E-state index in [-0.39, 0.29) is 12.2 Å². The summed E-state index contributed by atoms with van der Waals surface area (Å²) >= 11 is 1.02. The second-order valence-electron chi connectivity index (χ2n) is 5.01. The summed E-state index contributed by atoms with van der Waals surface area (Å²) in [5.41, 5.74) is 5.29. The maximum Gasteiger partial charge on any atom is 0.167 e. The zero-order valence-corrected chi connectivity index (χ0v) is 12.5. The van der Waals surface area contributed by atoms with Gasteiger partial charge in [-0.15, -0.1) is 11.8 Å². The minimum Gasteiger partial charge on any atom is -0.388 e. The second kappa shape index (κ2) is 5.95. The molecule has 1 saturated heterocycles. The lowest BCUT2D eigenvalue weighted by molar-refractivity contribution is -0.0394. The van der Waals surface area contributed by atoms with E-state index in [2.05, 4.69) is 15.0 Å². The molecule has 10 heteroatoms. The van der Waals surface area contributed by atoms with Gasteiger partial charge in [-0.25, -0.2) is 19.3 Å². The summed E-state index contributed by atoms with van der Waals surface area (Å²) in [5, 5.41) is 20.2. The maximum atomic E-state index is 13.5. The Balaban J connectivity index is 1.89. The molecule has 22 heavy (non-hydrogen) atoms. The van der Waals surface area contributed by atoms with Crippen LogP contribution in [0.15, 0.2) is 12.7 Å². The summed E-state index contributed by atoms with van der Waals surface area (Å²) in [7, 11) is 0. The molecule has 2 unspecified atom stereocenters. The number of nitrogens with two attached hydrogens (primary N) is 1. The van der Waals surface area contributed by atoms with E-state index in [4.69, 9.17) is 10.5 Å². The van der Waals surface area contributed by atoms with Gasteiger partial charge in [0.05, 0.1) is 12.4 Å². The topological polar surface area (TPSA) is 119 Å². The number of aliphatic hydroxyl groups is 2. The number of aliphatic hydroxyl groups excluding tert-OH is 2. The average molecular weight is 329 g/mol. The second-order valence-corrected chi connectivity index (χ2v) is 5.99. The summed E-state index contributed by atoms with van der Waals surface area (Å²) in [5.74, 6) is 0.208. The highest BCUT2D eigenvalue weighted by molar-refractivity contribution is 7.99. The number of nitrogens with zero attached hydrogens (tertiary/aromatic N) is 4. The largest absolute Gasteiger partial charge is 0.388 e. The fourth-order valence-corrected chi connectivity index (χ4v) is 2.87. The Bertz CT molecular complexity index is 671. The molecule has 0 saturated carbocycles. The molecule has 4 N–H and O–H groups in total. The van der Waals surface area contributed by atoms with Gasteiger partial charge in [0.15, 0.2) is 17.7 Å². The van der Waals surface area contributed by atoms with E-state index in [0.29, 0.717) is 11.2 Å². The van der Waals surface area contributed by atoms with Gasteiger partial charge in [0.2, 0.25) is 0 Å². The minimum atomic E-state index is -1.22. The highest BCUT2D eigenvalue weighted by atomic mass is 32.2. The van der Waals surface area contributed by atoms with Crippen molar-refractivity contribution in [3.05, 3.63) is 12.7 Å². The van der Waals surface area contributed by atoms with E-state index < -0.39 is 30.0 Å². The molecule has 2 aromatic rings. The average Bonchev–Trinajstić information content (AvgIpc) is 3.05. The van der Waals surface area contributed by atoms with Crippen molar-refractivity contribution >= 4 is 28.7 Å². The van der Waals surface area contributed by atoms with Crippen molar-refractivity contribution < 1.29 is 19.3 Å². The van der Waals surface area contributed by atoms with Gasteiger partial charge in [-0.05, 0) is 6.26 Å². The third kappa shape index (κ3) is 2.51. The Kier molecular flexibility index (Phi) is 4.17. The van der Waals surface area contributed by atoms with E-state index in [1.165, 1.54) is 17.2 Å². The van der Waals surface area contributed by atoms with Crippen LogP contribution in [0.3, 0.4) is 0 Å². The monoisotopic (exact) mass is 329 g/mol. The maximum absolute atomic E-state index is 13.5. The standard InChI is InChI=1S/C12H16FN5O3S/c1-22-6(13)2-5-8(19)9(20)12(21-5)18-4-17-7-10(14)15-3-16-11(7)18/h3-6,8-9,12,19-20H,2H2,1H3,(H2,14,15,16)/t5-,6?,8-,9-,12?/m1/s1.